The molecule has 0 saturated carbocycles. The molecule has 2 rings (SSSR count). The van der Waals surface area contributed by atoms with Crippen LogP contribution in [0.5, 0.6) is 0 Å². The molecule has 110 valence electrons. The summed E-state index contributed by atoms with van der Waals surface area (Å²) in [7, 11) is -1.47. The zero-order valence-corrected chi connectivity index (χ0v) is 12.2. The molecule has 0 radical (unpaired) electrons. The fourth-order valence-electron chi connectivity index (χ4n) is 1.74. The molecule has 0 aliphatic rings. The summed E-state index contributed by atoms with van der Waals surface area (Å²) in [5, 5.41) is 1.81. The zero-order valence-electron chi connectivity index (χ0n) is 11.4. The highest BCUT2D eigenvalue weighted by molar-refractivity contribution is 7.86. The lowest BCUT2D eigenvalue weighted by Crippen LogP contribution is -2.29. The van der Waals surface area contributed by atoms with Gasteiger partial charge in [-0.3, -0.25) is 9.00 Å². The molecular weight excluding hydrogens is 291 g/mol. The van der Waals surface area contributed by atoms with Crippen LogP contribution in [0.3, 0.4) is 0 Å². The Kier molecular flexibility index (Phi) is 4.70. The molecule has 0 aliphatic heterocycles. The van der Waals surface area contributed by atoms with E-state index >= 15 is 0 Å². The van der Waals surface area contributed by atoms with Gasteiger partial charge in [0.25, 0.3) is 0 Å². The maximum atomic E-state index is 13.0. The normalized spacial score (nSPS) is 13.4. The third kappa shape index (κ3) is 3.66. The topological polar surface area (TPSA) is 72.2 Å². The summed E-state index contributed by atoms with van der Waals surface area (Å²) in [5.41, 5.74) is 6.06. The van der Waals surface area contributed by atoms with Crippen LogP contribution in [-0.2, 0) is 15.6 Å². The first kappa shape index (κ1) is 15.2. The van der Waals surface area contributed by atoms with Gasteiger partial charge in [0, 0.05) is 4.90 Å². The van der Waals surface area contributed by atoms with Crippen molar-refractivity contribution >= 4 is 28.1 Å². The van der Waals surface area contributed by atoms with E-state index in [4.69, 9.17) is 5.73 Å². The van der Waals surface area contributed by atoms with Crippen molar-refractivity contribution in [2.45, 2.75) is 17.1 Å². The van der Waals surface area contributed by atoms with Crippen molar-refractivity contribution in [3.8, 4) is 0 Å². The van der Waals surface area contributed by atoms with E-state index in [1.54, 1.807) is 31.2 Å². The fraction of sp³-hybridized carbons (Fsp3) is 0.133. The van der Waals surface area contributed by atoms with Gasteiger partial charge in [0.2, 0.25) is 5.91 Å². The number of hydrogen-bond donors (Lipinski definition) is 2. The van der Waals surface area contributed by atoms with Crippen LogP contribution in [0.1, 0.15) is 6.92 Å². The molecule has 6 heteroatoms. The Morgan fingerprint density at radius 3 is 2.52 bits per heavy atom. The summed E-state index contributed by atoms with van der Waals surface area (Å²) in [4.78, 5) is 12.7. The van der Waals surface area contributed by atoms with Gasteiger partial charge in [0.15, 0.2) is 0 Å². The third-order valence-electron chi connectivity index (χ3n) is 2.94. The van der Waals surface area contributed by atoms with Crippen molar-refractivity contribution in [2.75, 3.05) is 11.1 Å². The van der Waals surface area contributed by atoms with E-state index in [2.05, 4.69) is 5.32 Å². The number of rotatable bonds is 4. The van der Waals surface area contributed by atoms with E-state index in [0.29, 0.717) is 10.6 Å². The SMILES string of the molecule is CC(C(=O)Nc1ccc(F)cc1N)S(=O)c1ccccc1. The highest BCUT2D eigenvalue weighted by atomic mass is 32.2. The number of halogens is 1. The van der Waals surface area contributed by atoms with Gasteiger partial charge in [0.05, 0.1) is 22.2 Å². The minimum Gasteiger partial charge on any atom is -0.397 e. The quantitative estimate of drug-likeness (QED) is 0.853. The Labute approximate surface area is 124 Å². The standard InChI is InChI=1S/C15H15FN2O2S/c1-10(21(20)12-5-3-2-4-6-12)15(19)18-14-8-7-11(16)9-13(14)17/h2-10H,17H2,1H3,(H,18,19). The summed E-state index contributed by atoms with van der Waals surface area (Å²) in [5.74, 6) is -0.915. The number of nitrogens with one attached hydrogen (secondary N) is 1. The second-order valence-electron chi connectivity index (χ2n) is 4.47. The molecule has 3 N–H and O–H groups in total. The highest BCUT2D eigenvalue weighted by Gasteiger charge is 2.22. The maximum absolute atomic E-state index is 13.0. The lowest BCUT2D eigenvalue weighted by atomic mass is 10.2. The smallest absolute Gasteiger partial charge is 0.240 e. The lowest BCUT2D eigenvalue weighted by Gasteiger charge is -2.13. The van der Waals surface area contributed by atoms with E-state index in [0.717, 1.165) is 6.07 Å². The molecule has 0 spiro atoms. The summed E-state index contributed by atoms with van der Waals surface area (Å²) in [6, 6.07) is 12.4. The molecule has 2 atom stereocenters. The van der Waals surface area contributed by atoms with Crippen molar-refractivity contribution in [3.63, 3.8) is 0 Å². The monoisotopic (exact) mass is 306 g/mol. The Hall–Kier alpha value is -2.21. The molecule has 0 heterocycles. The van der Waals surface area contributed by atoms with E-state index in [-0.39, 0.29) is 5.69 Å². The third-order valence-corrected chi connectivity index (χ3v) is 4.53. The largest absolute Gasteiger partial charge is 0.397 e. The molecular formula is C15H15FN2O2S. The molecule has 0 aliphatic carbocycles. The highest BCUT2D eigenvalue weighted by Crippen LogP contribution is 2.20. The van der Waals surface area contributed by atoms with Crippen LogP contribution in [0.2, 0.25) is 0 Å². The van der Waals surface area contributed by atoms with Gasteiger partial charge in [-0.1, -0.05) is 18.2 Å². The zero-order chi connectivity index (χ0) is 15.4. The molecule has 2 aromatic carbocycles. The number of nitrogen functional groups attached to an aromatic ring is 1. The molecule has 21 heavy (non-hydrogen) atoms. The van der Waals surface area contributed by atoms with Crippen molar-refractivity contribution in [1.29, 1.82) is 0 Å². The first-order valence-corrected chi connectivity index (χ1v) is 7.52. The maximum Gasteiger partial charge on any atom is 0.240 e. The molecule has 0 saturated heterocycles. The molecule has 2 unspecified atom stereocenters. The number of nitrogens with two attached hydrogens (primary N) is 1. The van der Waals surface area contributed by atoms with E-state index in [9.17, 15) is 13.4 Å². The van der Waals surface area contributed by atoms with Crippen LogP contribution in [0, 0.1) is 5.82 Å². The van der Waals surface area contributed by atoms with Crippen LogP contribution in [0.4, 0.5) is 15.8 Å². The number of amides is 1. The Morgan fingerprint density at radius 1 is 1.24 bits per heavy atom. The number of carbonyl (C=O) groups excluding carboxylic acids is 1. The number of carbonyl (C=O) groups is 1. The second kappa shape index (κ2) is 6.49. The van der Waals surface area contributed by atoms with E-state index in [1.165, 1.54) is 12.1 Å². The Bertz CT molecular complexity index is 677. The molecule has 0 aromatic heterocycles. The first-order chi connectivity index (χ1) is 9.99. The fourth-order valence-corrected chi connectivity index (χ4v) is 2.82. The summed E-state index contributed by atoms with van der Waals surface area (Å²) in [6.45, 7) is 1.57. The first-order valence-electron chi connectivity index (χ1n) is 6.30. The average molecular weight is 306 g/mol. The molecule has 1 amide bonds. The number of hydrogen-bond acceptors (Lipinski definition) is 3. The van der Waals surface area contributed by atoms with Crippen LogP contribution >= 0.6 is 0 Å². The van der Waals surface area contributed by atoms with Crippen LogP contribution in [-0.4, -0.2) is 15.4 Å². The molecule has 4 nitrogen and oxygen atoms in total. The van der Waals surface area contributed by atoms with E-state index in [1.807, 2.05) is 6.07 Å². The van der Waals surface area contributed by atoms with Crippen LogP contribution in [0.25, 0.3) is 0 Å². The predicted molar refractivity (Wildman–Crippen MR) is 81.8 cm³/mol. The minimum absolute atomic E-state index is 0.126. The van der Waals surface area contributed by atoms with Gasteiger partial charge < -0.3 is 11.1 Å². The molecule has 2 aromatic rings. The van der Waals surface area contributed by atoms with Gasteiger partial charge in [-0.2, -0.15) is 0 Å². The summed E-state index contributed by atoms with van der Waals surface area (Å²) >= 11 is 0. The van der Waals surface area contributed by atoms with Crippen molar-refractivity contribution in [2.24, 2.45) is 0 Å². The van der Waals surface area contributed by atoms with Gasteiger partial charge in [-0.15, -0.1) is 0 Å². The van der Waals surface area contributed by atoms with Gasteiger partial charge in [0.1, 0.15) is 11.1 Å². The summed E-state index contributed by atoms with van der Waals surface area (Å²) < 4.78 is 25.2. The predicted octanol–water partition coefficient (Wildman–Crippen LogP) is 2.54. The van der Waals surface area contributed by atoms with Crippen molar-refractivity contribution in [1.82, 2.24) is 0 Å². The second-order valence-corrected chi connectivity index (χ2v) is 6.25. The van der Waals surface area contributed by atoms with Crippen molar-refractivity contribution < 1.29 is 13.4 Å². The Morgan fingerprint density at radius 2 is 1.90 bits per heavy atom. The number of anilines is 2. The van der Waals surface area contributed by atoms with Crippen LogP contribution < -0.4 is 11.1 Å². The average Bonchev–Trinajstić information content (AvgIpc) is 2.49. The van der Waals surface area contributed by atoms with Gasteiger partial charge in [-0.05, 0) is 37.3 Å². The Balaban J connectivity index is 2.11. The van der Waals surface area contributed by atoms with Gasteiger partial charge in [-0.25, -0.2) is 4.39 Å². The minimum atomic E-state index is -1.47. The van der Waals surface area contributed by atoms with Crippen LogP contribution in [0.15, 0.2) is 53.4 Å². The lowest BCUT2D eigenvalue weighted by molar-refractivity contribution is -0.115. The van der Waals surface area contributed by atoms with Crippen molar-refractivity contribution in [3.05, 3.63) is 54.3 Å². The molecule has 0 fully saturated rings. The van der Waals surface area contributed by atoms with Gasteiger partial charge >= 0.3 is 0 Å². The van der Waals surface area contributed by atoms with E-state index < -0.39 is 27.8 Å². The summed E-state index contributed by atoms with van der Waals surface area (Å²) in [6.07, 6.45) is 0. The number of benzene rings is 2. The molecule has 0 bridgehead atoms.